The van der Waals surface area contributed by atoms with Crippen LogP contribution < -0.4 is 0 Å². The molecule has 0 radical (unpaired) electrons. The Morgan fingerprint density at radius 3 is 2.24 bits per heavy atom. The van der Waals surface area contributed by atoms with E-state index in [2.05, 4.69) is 38.2 Å². The highest BCUT2D eigenvalue weighted by Crippen LogP contribution is 2.56. The molecule has 21 heavy (non-hydrogen) atoms. The summed E-state index contributed by atoms with van der Waals surface area (Å²) in [6.45, 7) is 5.06. The molecule has 0 amide bonds. The topological polar surface area (TPSA) is 26.3 Å². The number of carbonyl (C=O) groups is 1. The van der Waals surface area contributed by atoms with Crippen molar-refractivity contribution in [3.63, 3.8) is 0 Å². The molecule has 0 N–H and O–H groups in total. The van der Waals surface area contributed by atoms with Gasteiger partial charge in [0.05, 0.1) is 12.0 Å². The second-order valence-electron chi connectivity index (χ2n) is 8.12. The molecule has 4 bridgehead atoms. The summed E-state index contributed by atoms with van der Waals surface area (Å²) in [7, 11) is 0. The fourth-order valence-corrected chi connectivity index (χ4v) is 5.47. The molecule has 0 spiro atoms. The third-order valence-electron chi connectivity index (χ3n) is 6.87. The first-order chi connectivity index (χ1) is 10.1. The lowest BCUT2D eigenvalue weighted by molar-refractivity contribution is -0.162. The predicted octanol–water partition coefficient (Wildman–Crippen LogP) is 4.12. The van der Waals surface area contributed by atoms with E-state index in [-0.39, 0.29) is 16.8 Å². The number of rotatable bonds is 4. The molecule has 2 heteroatoms. The van der Waals surface area contributed by atoms with Gasteiger partial charge < -0.3 is 4.74 Å². The lowest BCUT2D eigenvalue weighted by Crippen LogP contribution is -2.39. The van der Waals surface area contributed by atoms with Gasteiger partial charge in [-0.05, 0) is 55.8 Å². The van der Waals surface area contributed by atoms with Crippen molar-refractivity contribution in [2.24, 2.45) is 34.5 Å². The molecular weight excluding hydrogens is 260 g/mol. The maximum atomic E-state index is 12.8. The Balaban J connectivity index is 1.44. The van der Waals surface area contributed by atoms with Gasteiger partial charge >= 0.3 is 5.97 Å². The number of fused-ring (bicyclic) bond motifs is 4. The molecule has 6 unspecified atom stereocenters. The number of esters is 1. The molecule has 2 fully saturated rings. The summed E-state index contributed by atoms with van der Waals surface area (Å²) in [4.78, 5) is 12.8. The van der Waals surface area contributed by atoms with Crippen LogP contribution in [0.1, 0.15) is 46.0 Å². The molecule has 0 aromatic heterocycles. The Kier molecular flexibility index (Phi) is 2.90. The van der Waals surface area contributed by atoms with Crippen LogP contribution in [-0.2, 0) is 9.53 Å². The maximum absolute atomic E-state index is 12.8. The van der Waals surface area contributed by atoms with E-state index >= 15 is 0 Å². The lowest BCUT2D eigenvalue weighted by atomic mass is 9.73. The van der Waals surface area contributed by atoms with Gasteiger partial charge in [0.15, 0.2) is 0 Å². The summed E-state index contributed by atoms with van der Waals surface area (Å²) in [5.74, 6) is 2.46. The second kappa shape index (κ2) is 4.47. The van der Waals surface area contributed by atoms with Gasteiger partial charge in [-0.1, -0.05) is 38.2 Å². The minimum Gasteiger partial charge on any atom is -0.465 e. The monoisotopic (exact) mass is 286 g/mol. The summed E-state index contributed by atoms with van der Waals surface area (Å²) in [5.41, 5.74) is -0.0410. The number of allylic oxidation sites excluding steroid dienone is 4. The van der Waals surface area contributed by atoms with E-state index in [4.69, 9.17) is 4.74 Å². The summed E-state index contributed by atoms with van der Waals surface area (Å²) >= 11 is 0. The Hall–Kier alpha value is -1.05. The first kappa shape index (κ1) is 13.6. The summed E-state index contributed by atoms with van der Waals surface area (Å²) in [6, 6.07) is 0. The zero-order valence-corrected chi connectivity index (χ0v) is 13.2. The molecule has 0 saturated heterocycles. The van der Waals surface area contributed by atoms with Crippen LogP contribution in [0.2, 0.25) is 0 Å². The fraction of sp³-hybridized carbons (Fsp3) is 0.737. The van der Waals surface area contributed by atoms with E-state index in [1.807, 2.05) is 0 Å². The van der Waals surface area contributed by atoms with Crippen molar-refractivity contribution < 1.29 is 9.53 Å². The van der Waals surface area contributed by atoms with Crippen molar-refractivity contribution >= 4 is 5.97 Å². The standard InChI is InChI=1S/C19H26O2/c1-3-19(11-14-5-7-16(19)9-14)17(20)21-12-18(2)10-13-4-6-15(18)8-13/h4-7,13-16H,3,8-12H2,1-2H3. The first-order valence-corrected chi connectivity index (χ1v) is 8.60. The van der Waals surface area contributed by atoms with Crippen LogP contribution in [0, 0.1) is 34.5 Å². The minimum atomic E-state index is -0.219. The van der Waals surface area contributed by atoms with Crippen LogP contribution in [0.5, 0.6) is 0 Å². The van der Waals surface area contributed by atoms with Gasteiger partial charge in [-0.15, -0.1) is 0 Å². The molecule has 4 rings (SSSR count). The van der Waals surface area contributed by atoms with Gasteiger partial charge in [0.1, 0.15) is 0 Å². The third-order valence-corrected chi connectivity index (χ3v) is 6.87. The highest BCUT2D eigenvalue weighted by molar-refractivity contribution is 5.78. The van der Waals surface area contributed by atoms with Crippen LogP contribution in [0.15, 0.2) is 24.3 Å². The molecule has 0 aromatic carbocycles. The van der Waals surface area contributed by atoms with Crippen molar-refractivity contribution in [2.45, 2.75) is 46.0 Å². The Labute approximate surface area is 127 Å². The van der Waals surface area contributed by atoms with E-state index in [9.17, 15) is 4.79 Å². The average molecular weight is 286 g/mol. The van der Waals surface area contributed by atoms with E-state index in [1.54, 1.807) is 0 Å². The zero-order valence-electron chi connectivity index (χ0n) is 13.2. The van der Waals surface area contributed by atoms with Crippen LogP contribution in [0.4, 0.5) is 0 Å². The van der Waals surface area contributed by atoms with Gasteiger partial charge in [-0.3, -0.25) is 4.79 Å². The average Bonchev–Trinajstić information content (AvgIpc) is 3.23. The smallest absolute Gasteiger partial charge is 0.312 e. The van der Waals surface area contributed by atoms with Crippen LogP contribution in [0.25, 0.3) is 0 Å². The quantitative estimate of drug-likeness (QED) is 0.574. The van der Waals surface area contributed by atoms with Crippen molar-refractivity contribution in [1.82, 2.24) is 0 Å². The Morgan fingerprint density at radius 1 is 1.10 bits per heavy atom. The largest absolute Gasteiger partial charge is 0.465 e. The van der Waals surface area contributed by atoms with E-state index in [1.165, 1.54) is 12.8 Å². The van der Waals surface area contributed by atoms with Gasteiger partial charge in [-0.25, -0.2) is 0 Å². The Morgan fingerprint density at radius 2 is 1.76 bits per heavy atom. The van der Waals surface area contributed by atoms with E-state index < -0.39 is 0 Å². The van der Waals surface area contributed by atoms with E-state index in [0.29, 0.717) is 24.4 Å². The lowest BCUT2D eigenvalue weighted by Gasteiger charge is -2.35. The minimum absolute atomic E-state index is 0.0785. The van der Waals surface area contributed by atoms with Crippen LogP contribution >= 0.6 is 0 Å². The SMILES string of the molecule is CCC1(C(=O)OCC2(C)CC3C=CC2C3)CC2C=CC1C2. The summed E-state index contributed by atoms with van der Waals surface area (Å²) in [6.07, 6.45) is 14.8. The van der Waals surface area contributed by atoms with Gasteiger partial charge in [0, 0.05) is 5.41 Å². The molecule has 0 aromatic rings. The number of ether oxygens (including phenoxy) is 1. The van der Waals surface area contributed by atoms with Crippen molar-refractivity contribution in [3.8, 4) is 0 Å². The van der Waals surface area contributed by atoms with Crippen molar-refractivity contribution in [1.29, 1.82) is 0 Å². The predicted molar refractivity (Wildman–Crippen MR) is 82.5 cm³/mol. The Bertz CT molecular complexity index is 520. The molecule has 4 aliphatic rings. The molecular formula is C19H26O2. The van der Waals surface area contributed by atoms with Gasteiger partial charge in [0.25, 0.3) is 0 Å². The van der Waals surface area contributed by atoms with Crippen LogP contribution in [-0.4, -0.2) is 12.6 Å². The molecule has 4 aliphatic carbocycles. The number of hydrogen-bond acceptors (Lipinski definition) is 2. The molecule has 114 valence electrons. The van der Waals surface area contributed by atoms with Crippen molar-refractivity contribution in [2.75, 3.05) is 6.61 Å². The summed E-state index contributed by atoms with van der Waals surface area (Å²) in [5, 5.41) is 0. The molecule has 2 nitrogen and oxygen atoms in total. The molecule has 0 aliphatic heterocycles. The number of hydrogen-bond donors (Lipinski definition) is 0. The van der Waals surface area contributed by atoms with E-state index in [0.717, 1.165) is 25.2 Å². The highest BCUT2D eigenvalue weighted by atomic mass is 16.5. The normalized spacial score (nSPS) is 49.2. The zero-order chi connectivity index (χ0) is 14.7. The molecule has 0 heterocycles. The summed E-state index contributed by atoms with van der Waals surface area (Å²) < 4.78 is 5.91. The van der Waals surface area contributed by atoms with Crippen LogP contribution in [0.3, 0.4) is 0 Å². The maximum Gasteiger partial charge on any atom is 0.312 e. The van der Waals surface area contributed by atoms with Crippen molar-refractivity contribution in [3.05, 3.63) is 24.3 Å². The number of carbonyl (C=O) groups excluding carboxylic acids is 1. The first-order valence-electron chi connectivity index (χ1n) is 8.60. The fourth-order valence-electron chi connectivity index (χ4n) is 5.47. The molecule has 6 atom stereocenters. The highest BCUT2D eigenvalue weighted by Gasteiger charge is 2.54. The van der Waals surface area contributed by atoms with Gasteiger partial charge in [0.2, 0.25) is 0 Å². The third kappa shape index (κ3) is 1.87. The second-order valence-corrected chi connectivity index (χ2v) is 8.12. The molecule has 2 saturated carbocycles. The van der Waals surface area contributed by atoms with Gasteiger partial charge in [-0.2, -0.15) is 0 Å².